The Bertz CT molecular complexity index is 1950. The van der Waals surface area contributed by atoms with Gasteiger partial charge in [0.15, 0.2) is 0 Å². The Morgan fingerprint density at radius 1 is 0.918 bits per heavy atom. The number of nitrogens with one attached hydrogen (secondary N) is 2. The molecule has 9 nitrogen and oxygen atoms in total. The second-order valence-electron chi connectivity index (χ2n) is 13.8. The summed E-state index contributed by atoms with van der Waals surface area (Å²) in [6.45, 7) is 11.3. The van der Waals surface area contributed by atoms with E-state index in [0.717, 1.165) is 63.4 Å². The van der Waals surface area contributed by atoms with Crippen molar-refractivity contribution in [3.8, 4) is 0 Å². The van der Waals surface area contributed by atoms with E-state index in [2.05, 4.69) is 60.2 Å². The molecule has 264 valence electrons. The van der Waals surface area contributed by atoms with Crippen LogP contribution in [-0.2, 0) is 19.9 Å². The molecule has 0 bridgehead atoms. The highest BCUT2D eigenvalue weighted by atomic mass is 32.2. The number of carbonyl (C=O) groups excluding carboxylic acids is 1. The van der Waals surface area contributed by atoms with E-state index in [4.69, 9.17) is 0 Å². The maximum Gasteiger partial charge on any atom is 0.347 e. The lowest BCUT2D eigenvalue weighted by molar-refractivity contribution is 0.0981. The molecule has 13 heteroatoms. The first-order valence-electron chi connectivity index (χ1n) is 16.3. The third-order valence-corrected chi connectivity index (χ3v) is 12.6. The number of rotatable bonds is 10. The summed E-state index contributed by atoms with van der Waals surface area (Å²) in [6, 6.07) is 18.1. The summed E-state index contributed by atoms with van der Waals surface area (Å²) in [5.41, 5.74) is 6.59. The van der Waals surface area contributed by atoms with Gasteiger partial charge in [0.05, 0.1) is 15.5 Å². The van der Waals surface area contributed by atoms with Crippen LogP contribution >= 0.6 is 0 Å². The van der Waals surface area contributed by atoms with Crippen LogP contribution in [0.4, 0.5) is 20.2 Å². The minimum Gasteiger partial charge on any atom is -0.387 e. The van der Waals surface area contributed by atoms with Crippen molar-refractivity contribution in [1.82, 2.24) is 9.62 Å². The van der Waals surface area contributed by atoms with Crippen LogP contribution in [0.25, 0.3) is 5.57 Å². The van der Waals surface area contributed by atoms with Gasteiger partial charge in [0.2, 0.25) is 9.84 Å². The van der Waals surface area contributed by atoms with Gasteiger partial charge in [-0.1, -0.05) is 49.2 Å². The van der Waals surface area contributed by atoms with Crippen molar-refractivity contribution in [2.24, 2.45) is 5.41 Å². The van der Waals surface area contributed by atoms with Crippen LogP contribution in [0.1, 0.15) is 61.5 Å². The number of benzene rings is 3. The fourth-order valence-electron chi connectivity index (χ4n) is 6.46. The normalized spacial score (nSPS) is 17.6. The number of amides is 1. The quantitative estimate of drug-likeness (QED) is 0.251. The number of piperazine rings is 1. The van der Waals surface area contributed by atoms with Gasteiger partial charge >= 0.3 is 5.25 Å². The van der Waals surface area contributed by atoms with Crippen LogP contribution in [0.15, 0.2) is 82.1 Å². The summed E-state index contributed by atoms with van der Waals surface area (Å²) in [7, 11) is -8.49. The molecule has 2 N–H and O–H groups in total. The number of sulfone groups is 1. The lowest BCUT2D eigenvalue weighted by Crippen LogP contribution is -2.47. The highest BCUT2D eigenvalue weighted by molar-refractivity contribution is 7.92. The Morgan fingerprint density at radius 2 is 1.55 bits per heavy atom. The number of aryl methyl sites for hydroxylation is 1. The van der Waals surface area contributed by atoms with Gasteiger partial charge in [-0.05, 0) is 85.2 Å². The number of anilines is 2. The van der Waals surface area contributed by atoms with Gasteiger partial charge in [0.1, 0.15) is 0 Å². The summed E-state index contributed by atoms with van der Waals surface area (Å²) in [5.74, 6) is -0.938. The number of halogens is 2. The Hall–Kier alpha value is -3.81. The first kappa shape index (κ1) is 36.5. The van der Waals surface area contributed by atoms with Gasteiger partial charge in [-0.2, -0.15) is 8.78 Å². The monoisotopic (exact) mass is 714 g/mol. The van der Waals surface area contributed by atoms with E-state index >= 15 is 0 Å². The third kappa shape index (κ3) is 8.16. The van der Waals surface area contributed by atoms with Crippen molar-refractivity contribution in [3.05, 3.63) is 89.0 Å². The highest BCUT2D eigenvalue weighted by Gasteiger charge is 2.42. The number of sulfonamides is 1. The fraction of sp³-hybridized carbons (Fsp3) is 0.417. The van der Waals surface area contributed by atoms with Crippen molar-refractivity contribution in [1.29, 1.82) is 0 Å². The highest BCUT2D eigenvalue weighted by Crippen LogP contribution is 2.43. The Kier molecular flexibility index (Phi) is 10.3. The summed E-state index contributed by atoms with van der Waals surface area (Å²) in [6.07, 6.45) is 3.32. The zero-order valence-electron chi connectivity index (χ0n) is 28.5. The van der Waals surface area contributed by atoms with Crippen molar-refractivity contribution in [3.63, 3.8) is 0 Å². The molecular weight excluding hydrogens is 671 g/mol. The largest absolute Gasteiger partial charge is 0.387 e. The molecule has 1 heterocycles. The van der Waals surface area contributed by atoms with Gasteiger partial charge in [-0.25, -0.2) is 21.6 Å². The zero-order chi connectivity index (χ0) is 35.8. The lowest BCUT2D eigenvalue weighted by atomic mass is 9.72. The second-order valence-corrected chi connectivity index (χ2v) is 17.6. The molecule has 0 aromatic heterocycles. The number of allylic oxidation sites excluding steroid dienone is 1. The average molecular weight is 715 g/mol. The van der Waals surface area contributed by atoms with Gasteiger partial charge in [-0.15, -0.1) is 0 Å². The molecule has 2 aliphatic rings. The summed E-state index contributed by atoms with van der Waals surface area (Å²) >= 11 is 0. The molecular formula is C36H44F2N4O5S2. The maximum absolute atomic E-state index is 13.9. The van der Waals surface area contributed by atoms with Crippen LogP contribution in [0.5, 0.6) is 0 Å². The summed E-state index contributed by atoms with van der Waals surface area (Å²) in [4.78, 5) is 16.1. The Balaban J connectivity index is 1.23. The van der Waals surface area contributed by atoms with Crippen LogP contribution in [-0.4, -0.2) is 72.7 Å². The number of alkyl halides is 2. The molecule has 49 heavy (non-hydrogen) atoms. The van der Waals surface area contributed by atoms with E-state index < -0.39 is 40.8 Å². The van der Waals surface area contributed by atoms with Gasteiger partial charge in [0, 0.05) is 57.9 Å². The number of nitrogens with zero attached hydrogens (tertiary/aromatic N) is 2. The van der Waals surface area contributed by atoms with Crippen LogP contribution in [0, 0.1) is 12.3 Å². The molecule has 0 unspecified atom stereocenters. The minimum atomic E-state index is -5.21. The summed E-state index contributed by atoms with van der Waals surface area (Å²) < 4.78 is 80.7. The predicted molar refractivity (Wildman–Crippen MR) is 189 cm³/mol. The van der Waals surface area contributed by atoms with E-state index in [1.807, 2.05) is 4.72 Å². The molecule has 1 amide bonds. The van der Waals surface area contributed by atoms with Gasteiger partial charge in [-0.3, -0.25) is 9.69 Å². The first-order chi connectivity index (χ1) is 22.9. The van der Waals surface area contributed by atoms with E-state index in [9.17, 15) is 30.4 Å². The van der Waals surface area contributed by atoms with Crippen LogP contribution in [0.3, 0.4) is 0 Å². The van der Waals surface area contributed by atoms with Crippen LogP contribution in [0.2, 0.25) is 0 Å². The second kappa shape index (κ2) is 13.8. The smallest absolute Gasteiger partial charge is 0.347 e. The standard InChI is InChI=1S/C36H44F2N4O5S2/c1-25-6-8-26(9-7-25)31-16-17-35(2,3)23-28(31)24-41-18-20-42(21-19-41)29-12-10-27(11-13-29)34(43)40-49(46,47)30-14-15-32(39-5)33(22-30)48(44,45)36(4,37)38/h6-15,22,39H,16-21,23-24H2,1-5H3,(H,40,43). The maximum atomic E-state index is 13.9. The molecule has 1 aliphatic heterocycles. The molecule has 1 saturated heterocycles. The molecule has 0 saturated carbocycles. The van der Waals surface area contributed by atoms with Crippen molar-refractivity contribution in [2.75, 3.05) is 50.0 Å². The summed E-state index contributed by atoms with van der Waals surface area (Å²) in [5, 5.41) is -1.68. The van der Waals surface area contributed by atoms with Crippen LogP contribution < -0.4 is 14.9 Å². The fourth-order valence-corrected chi connectivity index (χ4v) is 8.66. The number of hydrogen-bond donors (Lipinski definition) is 2. The average Bonchev–Trinajstić information content (AvgIpc) is 3.04. The minimum absolute atomic E-state index is 0.0706. The Morgan fingerprint density at radius 3 is 2.14 bits per heavy atom. The van der Waals surface area contributed by atoms with Gasteiger partial charge in [0.25, 0.3) is 15.9 Å². The topological polar surface area (TPSA) is 116 Å². The molecule has 1 aliphatic carbocycles. The molecule has 5 rings (SSSR count). The SMILES string of the molecule is CNc1ccc(S(=O)(=O)NC(=O)c2ccc(N3CCN(CC4=C(c5ccc(C)cc5)CCC(C)(C)C4)CC3)cc2)cc1S(=O)(=O)C(C)(F)F. The zero-order valence-corrected chi connectivity index (χ0v) is 30.1. The van der Waals surface area contributed by atoms with E-state index in [1.54, 1.807) is 12.1 Å². The van der Waals surface area contributed by atoms with Crippen molar-refractivity contribution in [2.45, 2.75) is 62.0 Å². The van der Waals surface area contributed by atoms with E-state index in [1.165, 1.54) is 47.9 Å². The lowest BCUT2D eigenvalue weighted by Gasteiger charge is -2.39. The first-order valence-corrected chi connectivity index (χ1v) is 19.2. The predicted octanol–water partition coefficient (Wildman–Crippen LogP) is 6.33. The van der Waals surface area contributed by atoms with Gasteiger partial charge < -0.3 is 10.2 Å². The van der Waals surface area contributed by atoms with Crippen molar-refractivity contribution < 1.29 is 30.4 Å². The third-order valence-electron chi connectivity index (χ3n) is 9.37. The molecule has 0 spiro atoms. The van der Waals surface area contributed by atoms with E-state index in [0.29, 0.717) is 6.07 Å². The Labute approximate surface area is 288 Å². The molecule has 0 radical (unpaired) electrons. The number of hydrogen-bond acceptors (Lipinski definition) is 8. The molecule has 0 atom stereocenters. The molecule has 3 aromatic rings. The van der Waals surface area contributed by atoms with E-state index in [-0.39, 0.29) is 23.6 Å². The van der Waals surface area contributed by atoms with Crippen molar-refractivity contribution >= 4 is 42.7 Å². The number of carbonyl (C=O) groups is 1. The molecule has 3 aromatic carbocycles. The molecule has 1 fully saturated rings.